The standard InChI is InChI=1S/C54H38N2S2/c1-53(2)39-29-27-36-32-16-6-10-22-42(32)56(44-24-14-20-38-34-18-8-12-26-46(34)58-52(38)44)50(36)48(39)54(3,4)40-30-28-35-31-15-5-9-21-41(31)55(49(35)47(40)53)43-23-13-19-37-33-17-7-11-25-45(33)57-51(37)43/h5-30H,1-4H3. The molecule has 1 aliphatic rings. The van der Waals surface area contributed by atoms with Crippen molar-refractivity contribution in [2.75, 3.05) is 0 Å². The van der Waals surface area contributed by atoms with Gasteiger partial charge < -0.3 is 9.13 Å². The number of para-hydroxylation sites is 2. The van der Waals surface area contributed by atoms with Gasteiger partial charge in [0.15, 0.2) is 0 Å². The van der Waals surface area contributed by atoms with E-state index in [0.29, 0.717) is 0 Å². The molecule has 4 aromatic heterocycles. The van der Waals surface area contributed by atoms with Crippen LogP contribution in [-0.4, -0.2) is 9.13 Å². The molecule has 0 aliphatic heterocycles. The Labute approximate surface area is 343 Å². The Morgan fingerprint density at radius 3 is 1.17 bits per heavy atom. The molecule has 0 saturated heterocycles. The zero-order valence-corrected chi connectivity index (χ0v) is 34.4. The average Bonchev–Trinajstić information content (AvgIpc) is 4.00. The van der Waals surface area contributed by atoms with Gasteiger partial charge in [0.1, 0.15) is 0 Å². The van der Waals surface area contributed by atoms with Gasteiger partial charge in [0, 0.05) is 63.3 Å². The highest BCUT2D eigenvalue weighted by atomic mass is 32.1. The zero-order valence-electron chi connectivity index (χ0n) is 32.7. The van der Waals surface area contributed by atoms with Crippen molar-refractivity contribution in [1.29, 1.82) is 0 Å². The van der Waals surface area contributed by atoms with E-state index in [1.807, 2.05) is 22.7 Å². The first-order valence-corrected chi connectivity index (χ1v) is 21.9. The van der Waals surface area contributed by atoms with Crippen LogP contribution in [0.1, 0.15) is 49.9 Å². The molecule has 0 N–H and O–H groups in total. The number of rotatable bonds is 2. The van der Waals surface area contributed by atoms with Crippen LogP contribution in [0, 0.1) is 0 Å². The highest BCUT2D eigenvalue weighted by Crippen LogP contribution is 2.56. The summed E-state index contributed by atoms with van der Waals surface area (Å²) in [5.41, 5.74) is 12.7. The van der Waals surface area contributed by atoms with Gasteiger partial charge in [-0.25, -0.2) is 0 Å². The molecule has 58 heavy (non-hydrogen) atoms. The summed E-state index contributed by atoms with van der Waals surface area (Å²) in [6, 6.07) is 59.4. The zero-order chi connectivity index (χ0) is 38.7. The minimum absolute atomic E-state index is 0.320. The van der Waals surface area contributed by atoms with Crippen molar-refractivity contribution < 1.29 is 0 Å². The summed E-state index contributed by atoms with van der Waals surface area (Å²) in [5.74, 6) is 0. The number of fused-ring (bicyclic) bond motifs is 16. The lowest BCUT2D eigenvalue weighted by molar-refractivity contribution is 0.527. The predicted octanol–water partition coefficient (Wildman–Crippen LogP) is 15.6. The number of aromatic nitrogens is 2. The Hall–Kier alpha value is -6.20. The maximum atomic E-state index is 2.61. The molecule has 13 rings (SSSR count). The summed E-state index contributed by atoms with van der Waals surface area (Å²) in [6.45, 7) is 9.92. The molecular formula is C54H38N2S2. The summed E-state index contributed by atoms with van der Waals surface area (Å²) in [4.78, 5) is 0. The van der Waals surface area contributed by atoms with E-state index >= 15 is 0 Å². The largest absolute Gasteiger partial charge is 0.307 e. The summed E-state index contributed by atoms with van der Waals surface area (Å²) < 4.78 is 10.5. The highest BCUT2D eigenvalue weighted by molar-refractivity contribution is 7.26. The van der Waals surface area contributed by atoms with Crippen LogP contribution in [0.4, 0.5) is 0 Å². The van der Waals surface area contributed by atoms with Crippen molar-refractivity contribution in [2.45, 2.75) is 38.5 Å². The van der Waals surface area contributed by atoms with Crippen molar-refractivity contribution >= 4 is 107 Å². The molecule has 0 spiro atoms. The third-order valence-electron chi connectivity index (χ3n) is 13.5. The normalized spacial score (nSPS) is 14.8. The summed E-state index contributed by atoms with van der Waals surface area (Å²) in [7, 11) is 0. The quantitative estimate of drug-likeness (QED) is 0.165. The molecule has 0 amide bonds. The van der Waals surface area contributed by atoms with Crippen LogP contribution in [0.5, 0.6) is 0 Å². The van der Waals surface area contributed by atoms with E-state index < -0.39 is 0 Å². The molecule has 0 saturated carbocycles. The Morgan fingerprint density at radius 1 is 0.345 bits per heavy atom. The topological polar surface area (TPSA) is 9.86 Å². The lowest BCUT2D eigenvalue weighted by atomic mass is 9.59. The number of thiophene rings is 2. The van der Waals surface area contributed by atoms with Crippen LogP contribution in [0.2, 0.25) is 0 Å². The van der Waals surface area contributed by atoms with Crippen LogP contribution < -0.4 is 0 Å². The second-order valence-corrected chi connectivity index (χ2v) is 19.3. The average molecular weight is 779 g/mol. The van der Waals surface area contributed by atoms with Gasteiger partial charge in [0.2, 0.25) is 0 Å². The molecule has 4 heteroatoms. The molecule has 276 valence electrons. The van der Waals surface area contributed by atoms with E-state index in [9.17, 15) is 0 Å². The summed E-state index contributed by atoms with van der Waals surface area (Å²) in [5, 5.41) is 10.5. The molecule has 8 aromatic carbocycles. The van der Waals surface area contributed by atoms with Crippen LogP contribution in [0.3, 0.4) is 0 Å². The SMILES string of the molecule is CC1(C)c2ccc3c4ccccc4n(-c4cccc5c4sc4ccccc45)c3c2C(C)(C)c2ccc3c4ccccc4n(-c4cccc5c4sc4ccccc45)c3c21. The maximum absolute atomic E-state index is 2.61. The monoisotopic (exact) mass is 778 g/mol. The van der Waals surface area contributed by atoms with Gasteiger partial charge in [-0.05, 0) is 58.7 Å². The third-order valence-corrected chi connectivity index (χ3v) is 15.9. The van der Waals surface area contributed by atoms with Crippen molar-refractivity contribution in [2.24, 2.45) is 0 Å². The van der Waals surface area contributed by atoms with Gasteiger partial charge in [-0.2, -0.15) is 0 Å². The van der Waals surface area contributed by atoms with E-state index in [4.69, 9.17) is 0 Å². The fourth-order valence-corrected chi connectivity index (χ4v) is 13.4. The van der Waals surface area contributed by atoms with Gasteiger partial charge in [-0.1, -0.05) is 149 Å². The fraction of sp³-hybridized carbons (Fsp3) is 0.111. The fourth-order valence-electron chi connectivity index (χ4n) is 11.0. The lowest BCUT2D eigenvalue weighted by Crippen LogP contribution is -2.37. The van der Waals surface area contributed by atoms with Gasteiger partial charge >= 0.3 is 0 Å². The van der Waals surface area contributed by atoms with Gasteiger partial charge in [0.05, 0.1) is 42.8 Å². The van der Waals surface area contributed by atoms with Gasteiger partial charge in [-0.3, -0.25) is 0 Å². The number of nitrogens with zero attached hydrogens (tertiary/aromatic N) is 2. The molecule has 12 aromatic rings. The molecule has 0 atom stereocenters. The smallest absolute Gasteiger partial charge is 0.0641 e. The molecular weight excluding hydrogens is 741 g/mol. The summed E-state index contributed by atoms with van der Waals surface area (Å²) >= 11 is 3.82. The predicted molar refractivity (Wildman–Crippen MR) is 252 cm³/mol. The van der Waals surface area contributed by atoms with E-state index in [-0.39, 0.29) is 10.8 Å². The molecule has 1 aliphatic carbocycles. The lowest BCUT2D eigenvalue weighted by Gasteiger charge is -2.45. The highest BCUT2D eigenvalue weighted by Gasteiger charge is 2.45. The Morgan fingerprint density at radius 2 is 0.724 bits per heavy atom. The van der Waals surface area contributed by atoms with Crippen LogP contribution in [-0.2, 0) is 10.8 Å². The number of hydrogen-bond donors (Lipinski definition) is 0. The van der Waals surface area contributed by atoms with Crippen molar-refractivity contribution in [1.82, 2.24) is 9.13 Å². The maximum Gasteiger partial charge on any atom is 0.0641 e. The first-order chi connectivity index (χ1) is 28.3. The molecule has 0 radical (unpaired) electrons. The first kappa shape index (κ1) is 32.8. The van der Waals surface area contributed by atoms with Gasteiger partial charge in [-0.15, -0.1) is 22.7 Å². The van der Waals surface area contributed by atoms with Crippen LogP contribution >= 0.6 is 22.7 Å². The number of hydrogen-bond acceptors (Lipinski definition) is 2. The van der Waals surface area contributed by atoms with Gasteiger partial charge in [0.25, 0.3) is 0 Å². The van der Waals surface area contributed by atoms with Crippen molar-refractivity contribution in [3.63, 3.8) is 0 Å². The van der Waals surface area contributed by atoms with E-state index in [2.05, 4.69) is 195 Å². The molecule has 2 nitrogen and oxygen atoms in total. The van der Waals surface area contributed by atoms with Crippen LogP contribution in [0.25, 0.3) is 95.3 Å². The molecule has 0 unspecified atom stereocenters. The van der Waals surface area contributed by atoms with Crippen molar-refractivity contribution in [3.8, 4) is 11.4 Å². The Balaban J connectivity index is 1.16. The van der Waals surface area contributed by atoms with E-state index in [1.165, 1.54) is 118 Å². The van der Waals surface area contributed by atoms with Crippen molar-refractivity contribution in [3.05, 3.63) is 180 Å². The minimum Gasteiger partial charge on any atom is -0.307 e. The van der Waals surface area contributed by atoms with E-state index in [0.717, 1.165) is 0 Å². The third kappa shape index (κ3) is 4.02. The van der Waals surface area contributed by atoms with Crippen LogP contribution in [0.15, 0.2) is 158 Å². The Kier molecular flexibility index (Phi) is 6.37. The second kappa shape index (κ2) is 11.3. The molecule has 4 heterocycles. The van der Waals surface area contributed by atoms with E-state index in [1.54, 1.807) is 0 Å². The molecule has 0 fully saturated rings. The minimum atomic E-state index is -0.320. The first-order valence-electron chi connectivity index (χ1n) is 20.3. The molecule has 0 bridgehead atoms. The summed E-state index contributed by atoms with van der Waals surface area (Å²) in [6.07, 6.45) is 0. The number of benzene rings is 8. The second-order valence-electron chi connectivity index (χ2n) is 17.2. The Bertz CT molecular complexity index is 3500.